The van der Waals surface area contributed by atoms with Gasteiger partial charge in [-0.05, 0) is 25.3 Å². The van der Waals surface area contributed by atoms with Gasteiger partial charge in [-0.3, -0.25) is 4.99 Å². The average molecular weight is 498 g/mol. The maximum atomic E-state index is 12.2. The van der Waals surface area contributed by atoms with E-state index in [2.05, 4.69) is 19.7 Å². The standard InChI is InChI=1S/C21H32ClN7O3S/c1-15-6-8-16(9-7-15)14-33(31,32)26-10-4-5-12-29(2,3)13-11-25-21(30)17-19(23)28-20(24)18(22)27-17/h6-9,26H,4-5,10-14H2,1-3H3,(H4-,23,24,25,28,30). The van der Waals surface area contributed by atoms with Crippen LogP contribution in [0.2, 0.25) is 5.15 Å². The van der Waals surface area contributed by atoms with Crippen molar-refractivity contribution < 1.29 is 18.0 Å². The van der Waals surface area contributed by atoms with Crippen molar-refractivity contribution >= 4 is 39.2 Å². The van der Waals surface area contributed by atoms with Crippen LogP contribution in [0.15, 0.2) is 29.3 Å². The highest BCUT2D eigenvalue weighted by Crippen LogP contribution is 2.17. The first-order valence-electron chi connectivity index (χ1n) is 10.5. The number of likely N-dealkylation sites (N-methyl/N-ethyl adjacent to an activating group) is 1. The Morgan fingerprint density at radius 1 is 1.12 bits per heavy atom. The molecular formula is C21H32ClN7O3S. The minimum absolute atomic E-state index is 0.0293. The molecule has 0 unspecified atom stereocenters. The summed E-state index contributed by atoms with van der Waals surface area (Å²) in [6.07, 6.45) is 1.53. The molecule has 0 radical (unpaired) electrons. The minimum atomic E-state index is -3.37. The number of rotatable bonds is 12. The molecule has 2 aromatic rings. The van der Waals surface area contributed by atoms with E-state index in [9.17, 15) is 13.5 Å². The molecule has 0 bridgehead atoms. The molecule has 10 nitrogen and oxygen atoms in total. The van der Waals surface area contributed by atoms with Crippen LogP contribution in [0.25, 0.3) is 0 Å². The number of sulfonamides is 1. The zero-order chi connectivity index (χ0) is 24.6. The van der Waals surface area contributed by atoms with E-state index in [1.807, 2.05) is 45.3 Å². The molecule has 1 heterocycles. The van der Waals surface area contributed by atoms with E-state index in [0.717, 1.165) is 24.1 Å². The fourth-order valence-electron chi connectivity index (χ4n) is 3.06. The summed E-state index contributed by atoms with van der Waals surface area (Å²) in [5.74, 6) is -0.770. The normalized spacial score (nSPS) is 12.8. The van der Waals surface area contributed by atoms with Gasteiger partial charge >= 0.3 is 0 Å². The number of hydrogen-bond acceptors (Lipinski definition) is 8. The van der Waals surface area contributed by atoms with Crippen molar-refractivity contribution in [3.05, 3.63) is 46.2 Å². The van der Waals surface area contributed by atoms with Gasteiger partial charge in [-0.2, -0.15) is 0 Å². The van der Waals surface area contributed by atoms with Crippen LogP contribution in [0.3, 0.4) is 0 Å². The van der Waals surface area contributed by atoms with Gasteiger partial charge in [0.05, 0.1) is 39.5 Å². The fraction of sp³-hybridized carbons (Fsp3) is 0.476. The van der Waals surface area contributed by atoms with Gasteiger partial charge < -0.3 is 21.1 Å². The topological polar surface area (TPSA) is 159 Å². The van der Waals surface area contributed by atoms with E-state index in [1.54, 1.807) is 0 Å². The maximum absolute atomic E-state index is 12.2. The molecule has 33 heavy (non-hydrogen) atoms. The van der Waals surface area contributed by atoms with E-state index < -0.39 is 15.9 Å². The summed E-state index contributed by atoms with van der Waals surface area (Å²) >= 11 is 5.80. The van der Waals surface area contributed by atoms with E-state index >= 15 is 0 Å². The van der Waals surface area contributed by atoms with Crippen LogP contribution in [0, 0.1) is 6.92 Å². The number of benzene rings is 1. The first-order valence-corrected chi connectivity index (χ1v) is 12.6. The second-order valence-corrected chi connectivity index (χ2v) is 10.7. The molecule has 0 fully saturated rings. The molecule has 0 aliphatic heterocycles. The molecule has 0 aliphatic carbocycles. The molecule has 0 aliphatic rings. The van der Waals surface area contributed by atoms with Gasteiger partial charge in [0.15, 0.2) is 16.8 Å². The summed E-state index contributed by atoms with van der Waals surface area (Å²) in [5.41, 5.74) is 12.9. The van der Waals surface area contributed by atoms with Crippen LogP contribution >= 0.6 is 11.6 Å². The lowest BCUT2D eigenvalue weighted by Gasteiger charge is -2.29. The molecule has 182 valence electrons. The maximum Gasteiger partial charge on any atom is 0.215 e. The zero-order valence-corrected chi connectivity index (χ0v) is 20.8. The van der Waals surface area contributed by atoms with Crippen molar-refractivity contribution in [3.63, 3.8) is 0 Å². The lowest BCUT2D eigenvalue weighted by molar-refractivity contribution is -0.889. The van der Waals surface area contributed by atoms with Crippen molar-refractivity contribution in [2.75, 3.05) is 51.7 Å². The molecule has 0 atom stereocenters. The minimum Gasteiger partial charge on any atom is -0.857 e. The van der Waals surface area contributed by atoms with Crippen molar-refractivity contribution in [3.8, 4) is 0 Å². The molecule has 0 saturated heterocycles. The number of nitrogen functional groups attached to an aromatic ring is 2. The van der Waals surface area contributed by atoms with Crippen LogP contribution in [-0.4, -0.2) is 69.0 Å². The van der Waals surface area contributed by atoms with Crippen LogP contribution < -0.4 is 21.3 Å². The number of unbranched alkanes of at least 4 members (excludes halogenated alkanes) is 1. The third kappa shape index (κ3) is 9.12. The zero-order valence-electron chi connectivity index (χ0n) is 19.2. The lowest BCUT2D eigenvalue weighted by atomic mass is 10.2. The molecule has 0 spiro atoms. The summed E-state index contributed by atoms with van der Waals surface area (Å²) in [7, 11) is 0.678. The molecule has 1 aromatic heterocycles. The summed E-state index contributed by atoms with van der Waals surface area (Å²) in [5, 5.41) is 12.1. The van der Waals surface area contributed by atoms with Crippen molar-refractivity contribution in [1.29, 1.82) is 0 Å². The second-order valence-electron chi connectivity index (χ2n) is 8.55. The Morgan fingerprint density at radius 2 is 1.79 bits per heavy atom. The van der Waals surface area contributed by atoms with Gasteiger partial charge in [-0.15, -0.1) is 0 Å². The van der Waals surface area contributed by atoms with E-state index in [-0.39, 0.29) is 34.8 Å². The quantitative estimate of drug-likeness (QED) is 0.168. The van der Waals surface area contributed by atoms with Crippen molar-refractivity contribution in [2.24, 2.45) is 4.99 Å². The number of nitrogens with zero attached hydrogens (tertiary/aromatic N) is 4. The number of hydrogen-bond donors (Lipinski definition) is 3. The largest absolute Gasteiger partial charge is 0.857 e. The van der Waals surface area contributed by atoms with Gasteiger partial charge in [-0.1, -0.05) is 41.4 Å². The molecule has 0 amide bonds. The van der Waals surface area contributed by atoms with E-state index in [0.29, 0.717) is 24.0 Å². The molecule has 0 saturated carbocycles. The first kappa shape index (κ1) is 26.8. The van der Waals surface area contributed by atoms with Crippen LogP contribution in [0.1, 0.15) is 29.7 Å². The summed E-state index contributed by atoms with van der Waals surface area (Å²) in [6, 6.07) is 7.45. The predicted octanol–water partition coefficient (Wildman–Crippen LogP) is 0.686. The molecule has 12 heteroatoms. The highest BCUT2D eigenvalue weighted by atomic mass is 35.5. The highest BCUT2D eigenvalue weighted by molar-refractivity contribution is 7.88. The molecule has 2 rings (SSSR count). The van der Waals surface area contributed by atoms with Crippen LogP contribution in [0.5, 0.6) is 0 Å². The summed E-state index contributed by atoms with van der Waals surface area (Å²) in [4.78, 5) is 11.6. The Labute approximate surface area is 200 Å². The lowest BCUT2D eigenvalue weighted by Crippen LogP contribution is -2.43. The Bertz CT molecular complexity index is 1070. The number of aliphatic imine (C=N–C) groups is 1. The molecule has 1 aromatic carbocycles. The number of quaternary nitrogens is 1. The number of nitrogens with one attached hydrogen (secondary N) is 1. The number of aromatic nitrogens is 2. The fourth-order valence-corrected chi connectivity index (χ4v) is 4.37. The van der Waals surface area contributed by atoms with Crippen molar-refractivity contribution in [1.82, 2.24) is 14.7 Å². The van der Waals surface area contributed by atoms with E-state index in [1.165, 1.54) is 0 Å². The average Bonchev–Trinajstić information content (AvgIpc) is 2.71. The number of nitrogens with two attached hydrogens (primary N) is 2. The van der Waals surface area contributed by atoms with Gasteiger partial charge in [0.25, 0.3) is 0 Å². The van der Waals surface area contributed by atoms with Gasteiger partial charge in [0.1, 0.15) is 5.69 Å². The van der Waals surface area contributed by atoms with Gasteiger partial charge in [-0.25, -0.2) is 23.1 Å². The van der Waals surface area contributed by atoms with Crippen LogP contribution in [0.4, 0.5) is 11.6 Å². The Kier molecular flexibility index (Phi) is 9.41. The monoisotopic (exact) mass is 497 g/mol. The van der Waals surface area contributed by atoms with Crippen LogP contribution in [-0.2, 0) is 15.8 Å². The molecular weight excluding hydrogens is 466 g/mol. The predicted molar refractivity (Wildman–Crippen MR) is 130 cm³/mol. The van der Waals surface area contributed by atoms with E-state index in [4.69, 9.17) is 23.1 Å². The Morgan fingerprint density at radius 3 is 2.45 bits per heavy atom. The summed E-state index contributed by atoms with van der Waals surface area (Å²) in [6.45, 7) is 4.04. The van der Waals surface area contributed by atoms with Gasteiger partial charge in [0, 0.05) is 12.4 Å². The Balaban J connectivity index is 1.73. The SMILES string of the molecule is Cc1ccc(CS(=O)(=O)NCCCC[N+](C)(C)CCN=C([O-])c2nc(Cl)c(N)nc2N)cc1. The first-order chi connectivity index (χ1) is 15.4. The third-order valence-corrected chi connectivity index (χ3v) is 6.69. The van der Waals surface area contributed by atoms with Gasteiger partial charge in [0.2, 0.25) is 10.0 Å². The smallest absolute Gasteiger partial charge is 0.215 e. The number of anilines is 2. The summed E-state index contributed by atoms with van der Waals surface area (Å²) < 4.78 is 27.8. The molecule has 5 N–H and O–H groups in total. The highest BCUT2D eigenvalue weighted by Gasteiger charge is 2.15. The van der Waals surface area contributed by atoms with Crippen molar-refractivity contribution in [2.45, 2.75) is 25.5 Å². The number of aryl methyl sites for hydroxylation is 1. The Hall–Kier alpha value is -2.47. The second kappa shape index (κ2) is 11.6. The third-order valence-electron chi connectivity index (χ3n) is 5.06. The number of halogens is 1.